The molecule has 0 aliphatic carbocycles. The Hall–Kier alpha value is -2.28. The molecule has 0 saturated carbocycles. The molecule has 0 atom stereocenters. The highest BCUT2D eigenvalue weighted by molar-refractivity contribution is 7.11. The summed E-state index contributed by atoms with van der Waals surface area (Å²) in [7, 11) is 0. The first kappa shape index (κ1) is 26.3. The molecule has 182 valence electrons. The SMILES string of the molecule is CCCCCCCCCCCC[B-](c1ccc(C)cc1)(c1ccc(C)cc1)c1ccc(C)cc1. The van der Waals surface area contributed by atoms with Gasteiger partial charge >= 0.3 is 0 Å². The number of hydrogen-bond donors (Lipinski definition) is 0. The maximum Gasteiger partial charge on any atom is 0.0814 e. The monoisotopic (exact) mass is 453 g/mol. The van der Waals surface area contributed by atoms with Gasteiger partial charge in [-0.1, -0.05) is 161 Å². The third kappa shape index (κ3) is 7.11. The Morgan fingerprint density at radius 2 is 0.706 bits per heavy atom. The maximum atomic E-state index is 2.39. The Kier molecular flexibility index (Phi) is 10.5. The highest BCUT2D eigenvalue weighted by atomic mass is 14.1. The zero-order valence-corrected chi connectivity index (χ0v) is 22.3. The minimum absolute atomic E-state index is 0.993. The lowest BCUT2D eigenvalue weighted by Gasteiger charge is -2.43. The third-order valence-electron chi connectivity index (χ3n) is 7.93. The molecule has 0 aliphatic heterocycles. The Labute approximate surface area is 210 Å². The van der Waals surface area contributed by atoms with Gasteiger partial charge in [0.15, 0.2) is 0 Å². The Balaban J connectivity index is 1.80. The van der Waals surface area contributed by atoms with Crippen molar-refractivity contribution in [1.82, 2.24) is 0 Å². The number of hydrogen-bond acceptors (Lipinski definition) is 0. The molecular weight excluding hydrogens is 407 g/mol. The molecule has 0 aromatic heterocycles. The lowest BCUT2D eigenvalue weighted by molar-refractivity contribution is 0.562. The first-order valence-corrected chi connectivity index (χ1v) is 13.9. The van der Waals surface area contributed by atoms with Gasteiger partial charge in [0.2, 0.25) is 0 Å². The van der Waals surface area contributed by atoms with Crippen LogP contribution in [0.1, 0.15) is 87.8 Å². The summed E-state index contributed by atoms with van der Waals surface area (Å²) in [6.07, 6.45) is 14.0. The Morgan fingerprint density at radius 1 is 0.412 bits per heavy atom. The molecule has 0 aliphatic rings. The van der Waals surface area contributed by atoms with Gasteiger partial charge < -0.3 is 0 Å². The molecule has 0 fully saturated rings. The van der Waals surface area contributed by atoms with Gasteiger partial charge in [-0.05, 0) is 20.8 Å². The van der Waals surface area contributed by atoms with Gasteiger partial charge in [0.25, 0.3) is 0 Å². The van der Waals surface area contributed by atoms with Crippen molar-refractivity contribution in [2.24, 2.45) is 0 Å². The zero-order chi connectivity index (χ0) is 24.2. The summed E-state index contributed by atoms with van der Waals surface area (Å²) in [5, 5.41) is 0. The average Bonchev–Trinajstić information content (AvgIpc) is 2.85. The minimum atomic E-state index is -0.993. The van der Waals surface area contributed by atoms with E-state index >= 15 is 0 Å². The second kappa shape index (κ2) is 13.6. The maximum absolute atomic E-state index is 2.39. The summed E-state index contributed by atoms with van der Waals surface area (Å²) in [5.74, 6) is 0. The quantitative estimate of drug-likeness (QED) is 0.171. The fourth-order valence-electron chi connectivity index (χ4n) is 5.70. The average molecular weight is 454 g/mol. The number of unbranched alkanes of at least 4 members (excludes halogenated alkanes) is 9. The molecule has 0 amide bonds. The van der Waals surface area contributed by atoms with Gasteiger partial charge in [-0.25, -0.2) is 0 Å². The summed E-state index contributed by atoms with van der Waals surface area (Å²) in [4.78, 5) is 0. The van der Waals surface area contributed by atoms with E-state index in [4.69, 9.17) is 0 Å². The van der Waals surface area contributed by atoms with E-state index in [-0.39, 0.29) is 0 Å². The molecule has 0 heterocycles. The van der Waals surface area contributed by atoms with Crippen LogP contribution >= 0.6 is 0 Å². The van der Waals surface area contributed by atoms with Crippen molar-refractivity contribution in [2.45, 2.75) is 98.2 Å². The molecule has 0 unspecified atom stereocenters. The van der Waals surface area contributed by atoms with Crippen LogP contribution in [0.2, 0.25) is 6.32 Å². The molecule has 3 aromatic rings. The molecule has 0 bridgehead atoms. The first-order valence-electron chi connectivity index (χ1n) is 13.9. The van der Waals surface area contributed by atoms with Gasteiger partial charge in [0.1, 0.15) is 0 Å². The van der Waals surface area contributed by atoms with E-state index in [2.05, 4.69) is 100 Å². The predicted molar refractivity (Wildman–Crippen MR) is 155 cm³/mol. The van der Waals surface area contributed by atoms with E-state index < -0.39 is 6.15 Å². The summed E-state index contributed by atoms with van der Waals surface area (Å²) >= 11 is 0. The van der Waals surface area contributed by atoms with Crippen molar-refractivity contribution in [1.29, 1.82) is 0 Å². The second-order valence-electron chi connectivity index (χ2n) is 10.7. The smallest absolute Gasteiger partial charge is 0.0814 e. The van der Waals surface area contributed by atoms with Crippen molar-refractivity contribution in [3.05, 3.63) is 89.5 Å². The largest absolute Gasteiger partial charge is 0.200 e. The van der Waals surface area contributed by atoms with Crippen LogP contribution < -0.4 is 16.4 Å². The van der Waals surface area contributed by atoms with Crippen LogP contribution in [-0.4, -0.2) is 6.15 Å². The lowest BCUT2D eigenvalue weighted by atomic mass is 9.14. The van der Waals surface area contributed by atoms with Gasteiger partial charge in [-0.15, -0.1) is 0 Å². The highest BCUT2D eigenvalue weighted by Gasteiger charge is 2.29. The summed E-state index contributed by atoms with van der Waals surface area (Å²) < 4.78 is 0. The zero-order valence-electron chi connectivity index (χ0n) is 22.3. The Bertz CT molecular complexity index is 840. The fourth-order valence-corrected chi connectivity index (χ4v) is 5.70. The van der Waals surface area contributed by atoms with E-state index in [1.165, 1.54) is 104 Å². The van der Waals surface area contributed by atoms with Crippen molar-refractivity contribution >= 4 is 22.5 Å². The van der Waals surface area contributed by atoms with Crippen molar-refractivity contribution in [3.8, 4) is 0 Å². The van der Waals surface area contributed by atoms with Crippen LogP contribution in [0.5, 0.6) is 0 Å². The number of rotatable bonds is 14. The van der Waals surface area contributed by atoms with Gasteiger partial charge in [0, 0.05) is 0 Å². The normalized spacial score (nSPS) is 11.6. The second-order valence-corrected chi connectivity index (χ2v) is 10.7. The van der Waals surface area contributed by atoms with Crippen LogP contribution in [0.4, 0.5) is 0 Å². The van der Waals surface area contributed by atoms with E-state index in [1.807, 2.05) is 0 Å². The van der Waals surface area contributed by atoms with E-state index in [1.54, 1.807) is 0 Å². The summed E-state index contributed by atoms with van der Waals surface area (Å²) in [6, 6.07) is 28.2. The van der Waals surface area contributed by atoms with Crippen molar-refractivity contribution in [3.63, 3.8) is 0 Å². The van der Waals surface area contributed by atoms with Crippen LogP contribution in [0.3, 0.4) is 0 Å². The summed E-state index contributed by atoms with van der Waals surface area (Å²) in [6.45, 7) is 8.88. The fraction of sp³-hybridized carbons (Fsp3) is 0.455. The van der Waals surface area contributed by atoms with Crippen molar-refractivity contribution < 1.29 is 0 Å². The molecule has 3 rings (SSSR count). The van der Waals surface area contributed by atoms with E-state index in [0.717, 1.165) is 0 Å². The molecule has 34 heavy (non-hydrogen) atoms. The van der Waals surface area contributed by atoms with Gasteiger partial charge in [-0.3, -0.25) is 0 Å². The standard InChI is InChI=1S/C33H46B/c1-5-6-7-8-9-10-11-12-13-14-27-34(31-21-15-28(2)16-22-31,32-23-17-29(3)18-24-32)33-25-19-30(4)20-26-33/h15-26H,5-14,27H2,1-4H3/q-1. The topological polar surface area (TPSA) is 0 Å². The molecule has 0 nitrogen and oxygen atoms in total. The predicted octanol–water partition coefficient (Wildman–Crippen LogP) is 8.00. The van der Waals surface area contributed by atoms with Crippen LogP contribution in [-0.2, 0) is 0 Å². The van der Waals surface area contributed by atoms with Crippen LogP contribution in [0, 0.1) is 20.8 Å². The molecule has 0 radical (unpaired) electrons. The minimum Gasteiger partial charge on any atom is -0.200 e. The molecule has 0 saturated heterocycles. The van der Waals surface area contributed by atoms with Gasteiger partial charge in [-0.2, -0.15) is 22.7 Å². The lowest BCUT2D eigenvalue weighted by Crippen LogP contribution is -2.67. The van der Waals surface area contributed by atoms with E-state index in [0.29, 0.717) is 0 Å². The van der Waals surface area contributed by atoms with Gasteiger partial charge in [0.05, 0.1) is 6.15 Å². The third-order valence-corrected chi connectivity index (χ3v) is 7.93. The van der Waals surface area contributed by atoms with E-state index in [9.17, 15) is 0 Å². The molecular formula is C33H46B-. The number of benzene rings is 3. The molecule has 0 spiro atoms. The molecule has 1 heteroatoms. The molecule has 0 N–H and O–H groups in total. The number of aryl methyl sites for hydroxylation is 3. The summed E-state index contributed by atoms with van der Waals surface area (Å²) in [5.41, 5.74) is 8.44. The van der Waals surface area contributed by atoms with Crippen molar-refractivity contribution in [2.75, 3.05) is 0 Å². The molecule has 3 aromatic carbocycles. The first-order chi connectivity index (χ1) is 16.6. The Morgan fingerprint density at radius 3 is 1.03 bits per heavy atom. The van der Waals surface area contributed by atoms with Crippen LogP contribution in [0.15, 0.2) is 72.8 Å². The highest BCUT2D eigenvalue weighted by Crippen LogP contribution is 2.20. The van der Waals surface area contributed by atoms with Crippen LogP contribution in [0.25, 0.3) is 0 Å².